The largest absolute Gasteiger partial charge is 0.342 e. The second-order valence-electron chi connectivity index (χ2n) is 8.80. The Kier molecular flexibility index (Phi) is 6.26. The van der Waals surface area contributed by atoms with Crippen molar-refractivity contribution >= 4 is 11.8 Å². The highest BCUT2D eigenvalue weighted by molar-refractivity contribution is 5.94. The van der Waals surface area contributed by atoms with Crippen LogP contribution in [0.3, 0.4) is 0 Å². The van der Waals surface area contributed by atoms with Crippen LogP contribution in [0.1, 0.15) is 60.3 Å². The fourth-order valence-electron chi connectivity index (χ4n) is 4.89. The van der Waals surface area contributed by atoms with Crippen molar-refractivity contribution in [3.63, 3.8) is 0 Å². The average molecular weight is 408 g/mol. The topological polar surface area (TPSA) is 45.6 Å². The van der Waals surface area contributed by atoms with E-state index in [4.69, 9.17) is 0 Å². The van der Waals surface area contributed by atoms with E-state index in [1.165, 1.54) is 24.2 Å². The molecule has 1 aromatic carbocycles. The summed E-state index contributed by atoms with van der Waals surface area (Å²) >= 11 is 0. The third-order valence-electron chi connectivity index (χ3n) is 6.69. The summed E-state index contributed by atoms with van der Waals surface area (Å²) in [5, 5.41) is 0. The van der Waals surface area contributed by atoms with Gasteiger partial charge < -0.3 is 14.4 Å². The molecule has 0 unspecified atom stereocenters. The summed E-state index contributed by atoms with van der Waals surface area (Å²) < 4.78 is 2.19. The first-order valence-electron chi connectivity index (χ1n) is 11.4. The molecule has 2 saturated heterocycles. The molecule has 4 rings (SSSR count). The molecule has 5 nitrogen and oxygen atoms in total. The molecule has 0 atom stereocenters. The normalized spacial score (nSPS) is 18.3. The predicted molar refractivity (Wildman–Crippen MR) is 119 cm³/mol. The number of aromatic nitrogens is 1. The van der Waals surface area contributed by atoms with E-state index in [1.54, 1.807) is 0 Å². The van der Waals surface area contributed by atoms with Gasteiger partial charge in [-0.05, 0) is 75.9 Å². The monoisotopic (exact) mass is 407 g/mol. The Hall–Kier alpha value is -2.56. The van der Waals surface area contributed by atoms with E-state index in [0.29, 0.717) is 19.0 Å². The summed E-state index contributed by atoms with van der Waals surface area (Å²) in [4.78, 5) is 29.8. The van der Waals surface area contributed by atoms with Crippen molar-refractivity contribution in [1.29, 1.82) is 0 Å². The highest BCUT2D eigenvalue weighted by atomic mass is 16.2. The van der Waals surface area contributed by atoms with Crippen molar-refractivity contribution in [2.45, 2.75) is 52.4 Å². The molecule has 0 saturated carbocycles. The fraction of sp³-hybridized carbons (Fsp3) is 0.520. The van der Waals surface area contributed by atoms with E-state index in [9.17, 15) is 9.59 Å². The molecule has 1 aromatic heterocycles. The number of hydrogen-bond acceptors (Lipinski definition) is 2. The Bertz CT molecular complexity index is 864. The van der Waals surface area contributed by atoms with Gasteiger partial charge in [0.15, 0.2) is 0 Å². The van der Waals surface area contributed by atoms with Crippen LogP contribution in [0.25, 0.3) is 5.69 Å². The van der Waals surface area contributed by atoms with Gasteiger partial charge in [-0.15, -0.1) is 0 Å². The number of amides is 2. The van der Waals surface area contributed by atoms with E-state index >= 15 is 0 Å². The van der Waals surface area contributed by atoms with Crippen LogP contribution in [0.15, 0.2) is 36.4 Å². The van der Waals surface area contributed by atoms with Crippen LogP contribution in [0.2, 0.25) is 0 Å². The summed E-state index contributed by atoms with van der Waals surface area (Å²) in [5.74, 6) is 0.461. The molecule has 5 heteroatoms. The van der Waals surface area contributed by atoms with E-state index < -0.39 is 0 Å². The van der Waals surface area contributed by atoms with Crippen LogP contribution in [-0.2, 0) is 4.79 Å². The van der Waals surface area contributed by atoms with E-state index in [2.05, 4.69) is 35.4 Å². The van der Waals surface area contributed by atoms with Crippen LogP contribution >= 0.6 is 0 Å². The lowest BCUT2D eigenvalue weighted by Crippen LogP contribution is -2.44. The third kappa shape index (κ3) is 4.30. The number of likely N-dealkylation sites (tertiary alicyclic amines) is 2. The zero-order valence-corrected chi connectivity index (χ0v) is 18.3. The molecule has 160 valence electrons. The summed E-state index contributed by atoms with van der Waals surface area (Å²) in [7, 11) is 0. The average Bonchev–Trinajstić information content (AvgIpc) is 2.97. The smallest absolute Gasteiger partial charge is 0.253 e. The van der Waals surface area contributed by atoms with Gasteiger partial charge in [-0.1, -0.05) is 12.8 Å². The SMILES string of the molecule is Cc1ccc(C)n1-c1ccc(C(=O)N2CCC(C(=O)N3CCCCCC3)CC2)cc1. The molecule has 0 spiro atoms. The van der Waals surface area contributed by atoms with Gasteiger partial charge in [0.25, 0.3) is 5.91 Å². The van der Waals surface area contributed by atoms with Crippen molar-refractivity contribution in [1.82, 2.24) is 14.4 Å². The zero-order valence-electron chi connectivity index (χ0n) is 18.3. The number of carbonyl (C=O) groups is 2. The highest BCUT2D eigenvalue weighted by Crippen LogP contribution is 2.24. The number of benzene rings is 1. The second kappa shape index (κ2) is 9.07. The van der Waals surface area contributed by atoms with Crippen LogP contribution in [0, 0.1) is 19.8 Å². The Morgan fingerprint density at radius 1 is 0.733 bits per heavy atom. The van der Waals surface area contributed by atoms with Gasteiger partial charge >= 0.3 is 0 Å². The second-order valence-corrected chi connectivity index (χ2v) is 8.80. The van der Waals surface area contributed by atoms with Gasteiger partial charge in [-0.25, -0.2) is 0 Å². The summed E-state index contributed by atoms with van der Waals surface area (Å²) in [6.45, 7) is 7.32. The van der Waals surface area contributed by atoms with E-state index in [0.717, 1.165) is 50.0 Å². The summed E-state index contributed by atoms with van der Waals surface area (Å²) in [5.41, 5.74) is 4.16. The standard InChI is InChI=1S/C25H33N3O2/c1-19-7-8-20(2)28(19)23-11-9-21(10-12-23)24(29)27-17-13-22(14-18-27)25(30)26-15-5-3-4-6-16-26/h7-12,22H,3-6,13-18H2,1-2H3. The lowest BCUT2D eigenvalue weighted by Gasteiger charge is -2.34. The van der Waals surface area contributed by atoms with Gasteiger partial charge in [0.2, 0.25) is 5.91 Å². The van der Waals surface area contributed by atoms with Gasteiger partial charge in [0.05, 0.1) is 0 Å². The van der Waals surface area contributed by atoms with Crippen molar-refractivity contribution < 1.29 is 9.59 Å². The maximum atomic E-state index is 13.0. The van der Waals surface area contributed by atoms with Crippen molar-refractivity contribution in [3.8, 4) is 5.69 Å². The van der Waals surface area contributed by atoms with Gasteiger partial charge in [-0.3, -0.25) is 9.59 Å². The molecular weight excluding hydrogens is 374 g/mol. The number of nitrogens with zero attached hydrogens (tertiary/aromatic N) is 3. The molecule has 2 aromatic rings. The van der Waals surface area contributed by atoms with Crippen LogP contribution < -0.4 is 0 Å². The van der Waals surface area contributed by atoms with E-state index in [1.807, 2.05) is 29.2 Å². The van der Waals surface area contributed by atoms with Crippen molar-refractivity contribution in [3.05, 3.63) is 53.3 Å². The molecule has 0 aliphatic carbocycles. The molecule has 0 N–H and O–H groups in total. The summed E-state index contributed by atoms with van der Waals surface area (Å²) in [6.07, 6.45) is 6.28. The van der Waals surface area contributed by atoms with Crippen LogP contribution in [-0.4, -0.2) is 52.4 Å². The molecule has 0 bridgehead atoms. The first-order chi connectivity index (χ1) is 14.5. The van der Waals surface area contributed by atoms with Gasteiger partial charge in [0, 0.05) is 54.7 Å². The molecule has 2 amide bonds. The molecule has 2 aliphatic rings. The minimum absolute atomic E-state index is 0.0724. The number of aryl methyl sites for hydroxylation is 2. The number of piperidine rings is 1. The minimum atomic E-state index is 0.0724. The Morgan fingerprint density at radius 2 is 1.30 bits per heavy atom. The summed E-state index contributed by atoms with van der Waals surface area (Å²) in [6, 6.07) is 12.1. The minimum Gasteiger partial charge on any atom is -0.342 e. The number of rotatable bonds is 3. The van der Waals surface area contributed by atoms with Crippen LogP contribution in [0.4, 0.5) is 0 Å². The lowest BCUT2D eigenvalue weighted by atomic mass is 9.94. The molecule has 3 heterocycles. The first-order valence-corrected chi connectivity index (χ1v) is 11.4. The third-order valence-corrected chi connectivity index (χ3v) is 6.69. The maximum absolute atomic E-state index is 13.0. The molecule has 30 heavy (non-hydrogen) atoms. The molecule has 2 fully saturated rings. The zero-order chi connectivity index (χ0) is 21.1. The Labute approximate surface area is 179 Å². The number of hydrogen-bond donors (Lipinski definition) is 0. The van der Waals surface area contributed by atoms with Crippen molar-refractivity contribution in [2.75, 3.05) is 26.2 Å². The van der Waals surface area contributed by atoms with Crippen LogP contribution in [0.5, 0.6) is 0 Å². The van der Waals surface area contributed by atoms with E-state index in [-0.39, 0.29) is 11.8 Å². The number of carbonyl (C=O) groups excluding carboxylic acids is 2. The maximum Gasteiger partial charge on any atom is 0.253 e. The van der Waals surface area contributed by atoms with Gasteiger partial charge in [-0.2, -0.15) is 0 Å². The molecule has 0 radical (unpaired) electrons. The Balaban J connectivity index is 1.35. The molecular formula is C25H33N3O2. The Morgan fingerprint density at radius 3 is 1.87 bits per heavy atom. The fourth-order valence-corrected chi connectivity index (χ4v) is 4.89. The predicted octanol–water partition coefficient (Wildman–Crippen LogP) is 4.35. The highest BCUT2D eigenvalue weighted by Gasteiger charge is 2.30. The van der Waals surface area contributed by atoms with Gasteiger partial charge in [0.1, 0.15) is 0 Å². The first kappa shape index (κ1) is 20.7. The molecule has 2 aliphatic heterocycles. The van der Waals surface area contributed by atoms with Crippen molar-refractivity contribution in [2.24, 2.45) is 5.92 Å². The quantitative estimate of drug-likeness (QED) is 0.759. The lowest BCUT2D eigenvalue weighted by molar-refractivity contribution is -0.136.